The first-order valence-corrected chi connectivity index (χ1v) is 11.9. The maximum atomic E-state index is 13.3. The fourth-order valence-electron chi connectivity index (χ4n) is 4.08. The molecule has 0 atom stereocenters. The van der Waals surface area contributed by atoms with E-state index in [1.54, 1.807) is 54.6 Å². The first kappa shape index (κ1) is 26.5. The average molecular weight is 541 g/mol. The van der Waals surface area contributed by atoms with Crippen molar-refractivity contribution in [3.05, 3.63) is 70.4 Å². The van der Waals surface area contributed by atoms with Gasteiger partial charge in [0.05, 0.1) is 19.8 Å². The van der Waals surface area contributed by atoms with Crippen LogP contribution in [0.2, 0.25) is 10.0 Å². The molecule has 0 saturated carbocycles. The molecule has 0 fully saturated rings. The largest absolute Gasteiger partial charge is 0.428 e. The summed E-state index contributed by atoms with van der Waals surface area (Å²) in [7, 11) is 2.81. The first-order valence-electron chi connectivity index (χ1n) is 11.2. The molecule has 2 heterocycles. The number of carbonyl (C=O) groups is 3. The van der Waals surface area contributed by atoms with Gasteiger partial charge in [0.1, 0.15) is 11.0 Å². The van der Waals surface area contributed by atoms with Crippen LogP contribution in [-0.4, -0.2) is 47.4 Å². The number of halogens is 2. The summed E-state index contributed by atoms with van der Waals surface area (Å²) in [5.74, 6) is -3.29. The minimum Gasteiger partial charge on any atom is -0.428 e. The minimum atomic E-state index is -1.84. The predicted molar refractivity (Wildman–Crippen MR) is 143 cm³/mol. The first-order chi connectivity index (χ1) is 17.2. The molecule has 0 spiro atoms. The van der Waals surface area contributed by atoms with Crippen molar-refractivity contribution >= 4 is 57.6 Å². The van der Waals surface area contributed by atoms with E-state index in [-0.39, 0.29) is 22.5 Å². The smallest absolute Gasteiger partial charge is 0.408 e. The number of hydrogen-bond donors (Lipinski definition) is 2. The molecule has 0 bridgehead atoms. The summed E-state index contributed by atoms with van der Waals surface area (Å²) in [6.45, 7) is 2.59. The van der Waals surface area contributed by atoms with Gasteiger partial charge in [0.2, 0.25) is 17.3 Å². The number of quaternary nitrogens is 1. The van der Waals surface area contributed by atoms with Crippen molar-refractivity contribution in [2.45, 2.75) is 19.4 Å². The van der Waals surface area contributed by atoms with Gasteiger partial charge in [0.15, 0.2) is 5.69 Å². The third kappa shape index (κ3) is 4.76. The van der Waals surface area contributed by atoms with Crippen molar-refractivity contribution in [2.24, 2.45) is 5.73 Å². The van der Waals surface area contributed by atoms with Crippen molar-refractivity contribution in [3.63, 3.8) is 0 Å². The molecule has 0 radical (unpaired) electrons. The van der Waals surface area contributed by atoms with Crippen LogP contribution in [-0.2, 0) is 9.59 Å². The van der Waals surface area contributed by atoms with E-state index in [1.807, 2.05) is 0 Å². The Labute approximate surface area is 222 Å². The Morgan fingerprint density at radius 2 is 1.62 bits per heavy atom. The van der Waals surface area contributed by atoms with E-state index in [0.29, 0.717) is 26.9 Å². The lowest BCUT2D eigenvalue weighted by Crippen LogP contribution is -2.53. The monoisotopic (exact) mass is 540 g/mol. The topological polar surface area (TPSA) is 123 Å². The van der Waals surface area contributed by atoms with Gasteiger partial charge in [-0.05, 0) is 43.7 Å². The van der Waals surface area contributed by atoms with E-state index in [2.05, 4.69) is 0 Å². The zero-order valence-electron chi connectivity index (χ0n) is 20.5. The number of benzene rings is 2. The molecule has 190 valence electrons. The molecule has 0 aliphatic heterocycles. The Morgan fingerprint density at radius 3 is 2.19 bits per heavy atom. The number of nitrogens with two attached hydrogens (primary N) is 1. The number of aromatic nitrogens is 1. The number of carbonyl (C=O) groups excluding carboxylic acids is 3. The Balaban J connectivity index is 2.16. The van der Waals surface area contributed by atoms with E-state index in [9.17, 15) is 19.5 Å². The molecule has 0 aliphatic carbocycles. The van der Waals surface area contributed by atoms with Crippen molar-refractivity contribution in [3.8, 4) is 22.4 Å². The van der Waals surface area contributed by atoms with Crippen molar-refractivity contribution < 1.29 is 23.9 Å². The van der Waals surface area contributed by atoms with E-state index in [0.717, 1.165) is 5.56 Å². The number of rotatable bonds is 5. The highest BCUT2D eigenvalue weighted by atomic mass is 35.5. The number of ketones is 1. The number of Topliss-reactive ketones (excluding diaryl/α,β-unsaturated/α-hetero) is 1. The zero-order chi connectivity index (χ0) is 27.3. The molecule has 3 N–H and O–H groups in total. The van der Waals surface area contributed by atoms with E-state index < -0.39 is 27.7 Å². The van der Waals surface area contributed by atoms with Gasteiger partial charge in [-0.3, -0.25) is 9.59 Å². The van der Waals surface area contributed by atoms with Crippen LogP contribution in [0.4, 0.5) is 5.69 Å². The van der Waals surface area contributed by atoms with Gasteiger partial charge in [-0.15, -0.1) is 0 Å². The summed E-state index contributed by atoms with van der Waals surface area (Å²) in [6, 6.07) is 15.8. The van der Waals surface area contributed by atoms with Crippen LogP contribution < -0.4 is 10.2 Å². The highest BCUT2D eigenvalue weighted by molar-refractivity contribution is 6.38. The Bertz CT molecular complexity index is 1570. The maximum absolute atomic E-state index is 13.3. The lowest BCUT2D eigenvalue weighted by molar-refractivity contribution is -0.141. The van der Waals surface area contributed by atoms with Crippen LogP contribution in [0.3, 0.4) is 0 Å². The molecule has 0 unspecified atom stereocenters. The number of furan rings is 1. The summed E-state index contributed by atoms with van der Waals surface area (Å²) >= 11 is 12.6. The van der Waals surface area contributed by atoms with Crippen molar-refractivity contribution in [1.82, 2.24) is 9.47 Å². The van der Waals surface area contributed by atoms with Gasteiger partial charge < -0.3 is 15.3 Å². The second-order valence-electron chi connectivity index (χ2n) is 9.51. The number of pyridine rings is 1. The quantitative estimate of drug-likeness (QED) is 0.208. The molecule has 2 aromatic heterocycles. The van der Waals surface area contributed by atoms with E-state index in [1.165, 1.54) is 27.9 Å². The van der Waals surface area contributed by atoms with Gasteiger partial charge >= 0.3 is 11.8 Å². The number of aliphatic hydroxyl groups is 1. The van der Waals surface area contributed by atoms with Gasteiger partial charge in [-0.25, -0.2) is 14.3 Å². The van der Waals surface area contributed by atoms with Crippen LogP contribution >= 0.6 is 23.2 Å². The Hall–Kier alpha value is -3.56. The summed E-state index contributed by atoms with van der Waals surface area (Å²) in [5.41, 5.74) is 5.92. The van der Waals surface area contributed by atoms with Gasteiger partial charge in [-0.2, -0.15) is 0 Å². The summed E-state index contributed by atoms with van der Waals surface area (Å²) in [5, 5.41) is 11.7. The molecule has 4 rings (SSSR count). The summed E-state index contributed by atoms with van der Waals surface area (Å²) in [6.07, 6.45) is 0. The number of amides is 2. The number of hydrogen-bond acceptors (Lipinski definition) is 6. The molecule has 0 saturated heterocycles. The Morgan fingerprint density at radius 1 is 1.00 bits per heavy atom. The molecular weight excluding hydrogens is 517 g/mol. The van der Waals surface area contributed by atoms with E-state index >= 15 is 0 Å². The number of fused-ring (bicyclic) bond motifs is 1. The Kier molecular flexibility index (Phi) is 6.73. The minimum absolute atomic E-state index is 0.0127. The normalized spacial score (nSPS) is 12.1. The second kappa shape index (κ2) is 9.39. The van der Waals surface area contributed by atoms with Crippen molar-refractivity contribution in [2.75, 3.05) is 14.1 Å². The molecular formula is C27H24Cl2N3O5+. The second-order valence-corrected chi connectivity index (χ2v) is 10.4. The standard InChI is InChI=1S/C27H23Cl2N3O5/c1-27(2,36)23(33)22-21(32(3,4)26(35)24(30)34)18-13-17(14-9-11-15(28)12-10-14)20(31-25(18)37-22)16-7-5-6-8-19(16)29/h5-13,36H,1-4H3,(H-,30,34)/p+1. The SMILES string of the molecule is CC(C)(O)C(=O)c1oc2nc(-c3ccccc3Cl)c(-c3ccc(Cl)cc3)cc2c1[N+](C)(C)C(=O)C(N)=O. The molecule has 8 nitrogen and oxygen atoms in total. The highest BCUT2D eigenvalue weighted by Crippen LogP contribution is 2.43. The number of nitrogens with zero attached hydrogens (tertiary/aromatic N) is 2. The highest BCUT2D eigenvalue weighted by Gasteiger charge is 2.44. The predicted octanol–water partition coefficient (Wildman–Crippen LogP) is 5.00. The fraction of sp³-hybridized carbons (Fsp3) is 0.185. The maximum Gasteiger partial charge on any atom is 0.408 e. The van der Waals surface area contributed by atoms with Gasteiger partial charge in [-0.1, -0.05) is 53.5 Å². The zero-order valence-corrected chi connectivity index (χ0v) is 22.0. The van der Waals surface area contributed by atoms with E-state index in [4.69, 9.17) is 38.3 Å². The van der Waals surface area contributed by atoms with Crippen LogP contribution in [0.25, 0.3) is 33.5 Å². The molecule has 10 heteroatoms. The average Bonchev–Trinajstić information content (AvgIpc) is 3.21. The van der Waals surface area contributed by atoms with Crippen LogP contribution in [0.1, 0.15) is 24.4 Å². The summed E-state index contributed by atoms with van der Waals surface area (Å²) in [4.78, 5) is 42.8. The number of likely N-dealkylation sites (N-methyl/N-ethyl adjacent to an activating group) is 1. The third-order valence-electron chi connectivity index (χ3n) is 5.98. The van der Waals surface area contributed by atoms with Crippen LogP contribution in [0.15, 0.2) is 59.0 Å². The molecule has 0 aliphatic rings. The summed E-state index contributed by atoms with van der Waals surface area (Å²) < 4.78 is 5.17. The lowest BCUT2D eigenvalue weighted by Gasteiger charge is -2.25. The lowest BCUT2D eigenvalue weighted by atomic mass is 9.96. The van der Waals surface area contributed by atoms with Gasteiger partial charge in [0, 0.05) is 21.2 Å². The van der Waals surface area contributed by atoms with Gasteiger partial charge in [0.25, 0.3) is 0 Å². The third-order valence-corrected chi connectivity index (χ3v) is 6.56. The molecule has 37 heavy (non-hydrogen) atoms. The molecule has 2 amide bonds. The fourth-order valence-corrected chi connectivity index (χ4v) is 4.43. The van der Waals surface area contributed by atoms with Crippen LogP contribution in [0, 0.1) is 0 Å². The molecule has 4 aromatic rings. The number of primary amides is 1. The molecule has 2 aromatic carbocycles. The van der Waals surface area contributed by atoms with Crippen molar-refractivity contribution in [1.29, 1.82) is 0 Å². The van der Waals surface area contributed by atoms with Crippen LogP contribution in [0.5, 0.6) is 0 Å².